The van der Waals surface area contributed by atoms with Crippen molar-refractivity contribution < 1.29 is 101 Å². The molecule has 0 unspecified atom stereocenters. The Morgan fingerprint density at radius 2 is 0.758 bits per heavy atom. The van der Waals surface area contributed by atoms with Crippen LogP contribution in [0.25, 0.3) is 0 Å². The Balaban J connectivity index is 1.58. The van der Waals surface area contributed by atoms with Crippen molar-refractivity contribution in [1.82, 2.24) is 89.1 Å². The number of aliphatic hydroxyl groups excluding tert-OH is 1. The number of amides is 19. The number of carbonyl (C=O) groups is 19. The predicted molar refractivity (Wildman–Crippen MR) is 473 cm³/mol. The smallest absolute Gasteiger partial charge is 0.246 e. The van der Waals surface area contributed by atoms with Crippen molar-refractivity contribution in [2.75, 3.05) is 50.8 Å². The SMILES string of the molecule is CC[C@H](C)[C@@H]1NC(=O)[C@H](CCC(N)=O)NC(=O)[C@H](C(C)C)NC(=O)CNC(=O)[C@H]2CCCN2C(=O)[C@H](C(C)C)NC(=O)[C@H](CCC(N)=O)NC(=O)[C@H]([C@@H](C)CC)NC(=O)[C@@H]2CSSC[C@H](NC1=O)C(=O)N[C@@H](Cc1ccc(O)cc1)C(=O)N[C@@H](CCCCN)C(=O)N[C@@H](CO)C(=O)N[C@@H]([C@@H](C)CC)C(=O)N1CCC[C@H]1C(=O)N1CCC[C@H]1C(=O)N[C@@H]([C@@H](C)CC)C(=O)N2. The van der Waals surface area contributed by atoms with E-state index in [9.17, 15) is 58.2 Å². The van der Waals surface area contributed by atoms with Gasteiger partial charge in [-0.2, -0.15) is 0 Å². The van der Waals surface area contributed by atoms with Gasteiger partial charge >= 0.3 is 0 Å². The van der Waals surface area contributed by atoms with E-state index in [1.165, 1.54) is 39.0 Å². The molecule has 714 valence electrons. The average molecular weight is 1840 g/mol. The molecule has 5 aliphatic heterocycles. The van der Waals surface area contributed by atoms with Gasteiger partial charge in [-0.3, -0.25) is 91.1 Å². The molecule has 5 heterocycles. The molecule has 0 aromatic heterocycles. The van der Waals surface area contributed by atoms with Gasteiger partial charge in [-0.1, -0.05) is 142 Å². The van der Waals surface area contributed by atoms with Crippen molar-refractivity contribution in [3.8, 4) is 5.75 Å². The van der Waals surface area contributed by atoms with Gasteiger partial charge in [0.15, 0.2) is 0 Å². The number of carbonyl (C=O) groups excluding carboxylic acids is 19. The molecule has 41 nitrogen and oxygen atoms in total. The summed E-state index contributed by atoms with van der Waals surface area (Å²) in [6, 6.07) is -19.0. The van der Waals surface area contributed by atoms with E-state index < -0.39 is 301 Å². The molecule has 0 radical (unpaired) electrons. The molecule has 5 saturated heterocycles. The van der Waals surface area contributed by atoms with E-state index >= 15 is 43.2 Å². The minimum Gasteiger partial charge on any atom is -0.508 e. The van der Waals surface area contributed by atoms with Crippen LogP contribution < -0.4 is 91.6 Å². The number of unbranched alkanes of at least 4 members (excludes halogenated alkanes) is 1. The van der Waals surface area contributed by atoms with Gasteiger partial charge in [0.25, 0.3) is 0 Å². The summed E-state index contributed by atoms with van der Waals surface area (Å²) in [6.07, 6.45) is 0.127. The first-order valence-corrected chi connectivity index (χ1v) is 47.2. The van der Waals surface area contributed by atoms with Crippen molar-refractivity contribution >= 4 is 134 Å². The van der Waals surface area contributed by atoms with Gasteiger partial charge in [0, 0.05) is 50.4 Å². The lowest BCUT2D eigenvalue weighted by atomic mass is 9.96. The molecule has 22 N–H and O–H groups in total. The maximum Gasteiger partial charge on any atom is 0.246 e. The fraction of sp³-hybridized carbons (Fsp3) is 0.706. The van der Waals surface area contributed by atoms with E-state index in [0.29, 0.717) is 37.7 Å². The van der Waals surface area contributed by atoms with Crippen molar-refractivity contribution in [3.05, 3.63) is 29.8 Å². The molecule has 43 heteroatoms. The highest BCUT2D eigenvalue weighted by atomic mass is 33.1. The molecular formula is C85H136N20O21S2. The molecular weight excluding hydrogens is 1700 g/mol. The van der Waals surface area contributed by atoms with Crippen LogP contribution in [0.3, 0.4) is 0 Å². The molecule has 2 bridgehead atoms. The van der Waals surface area contributed by atoms with E-state index in [2.05, 4.69) is 74.4 Å². The third-order valence-electron chi connectivity index (χ3n) is 24.4. The van der Waals surface area contributed by atoms with E-state index in [1.807, 2.05) is 0 Å². The largest absolute Gasteiger partial charge is 0.508 e. The Bertz CT molecular complexity index is 4090. The number of primary amides is 2. The molecule has 20 atom stereocenters. The molecule has 128 heavy (non-hydrogen) atoms. The summed E-state index contributed by atoms with van der Waals surface area (Å²) in [6.45, 7) is 18.1. The molecule has 19 amide bonds. The number of benzene rings is 1. The first kappa shape index (κ1) is 106. The topological polar surface area (TPSA) is 621 Å². The minimum atomic E-state index is -1.82. The van der Waals surface area contributed by atoms with Crippen molar-refractivity contribution in [1.29, 1.82) is 0 Å². The number of hydrogen-bond acceptors (Lipinski definition) is 24. The van der Waals surface area contributed by atoms with Gasteiger partial charge in [-0.05, 0) is 130 Å². The predicted octanol–water partition coefficient (Wildman–Crippen LogP) is -3.12. The number of aliphatic hydroxyl groups is 1. The number of nitrogens with one attached hydrogen (secondary N) is 14. The van der Waals surface area contributed by atoms with Crippen LogP contribution in [0, 0.1) is 35.5 Å². The van der Waals surface area contributed by atoms with Gasteiger partial charge in [0.2, 0.25) is 112 Å². The Kier molecular flexibility index (Phi) is 42.9. The minimum absolute atomic E-state index is 0.0180. The quantitative estimate of drug-likeness (QED) is 0.0381. The van der Waals surface area contributed by atoms with Crippen molar-refractivity contribution in [2.45, 2.75) is 295 Å². The molecule has 5 aliphatic rings. The Labute approximate surface area is 755 Å². The fourth-order valence-electron chi connectivity index (χ4n) is 15.7. The van der Waals surface area contributed by atoms with Gasteiger partial charge in [0.05, 0.1) is 13.2 Å². The normalized spacial score (nSPS) is 28.4. The zero-order valence-corrected chi connectivity index (χ0v) is 77.1. The first-order chi connectivity index (χ1) is 60.6. The van der Waals surface area contributed by atoms with Gasteiger partial charge in [-0.15, -0.1) is 0 Å². The lowest BCUT2D eigenvalue weighted by Gasteiger charge is -2.35. The van der Waals surface area contributed by atoms with Crippen LogP contribution in [0.2, 0.25) is 0 Å². The zero-order chi connectivity index (χ0) is 95.1. The Morgan fingerprint density at radius 3 is 1.23 bits per heavy atom. The second kappa shape index (κ2) is 51.7. The second-order valence-electron chi connectivity index (χ2n) is 34.6. The summed E-state index contributed by atoms with van der Waals surface area (Å²) in [7, 11) is 1.64. The van der Waals surface area contributed by atoms with E-state index in [-0.39, 0.29) is 83.3 Å². The van der Waals surface area contributed by atoms with Crippen molar-refractivity contribution in [2.24, 2.45) is 52.7 Å². The number of phenolic OH excluding ortho intramolecular Hbond substituents is 1. The maximum atomic E-state index is 15.7. The van der Waals surface area contributed by atoms with E-state index in [0.717, 1.165) is 21.6 Å². The summed E-state index contributed by atoms with van der Waals surface area (Å²) in [5.74, 6) is -23.2. The number of rotatable bonds is 23. The monoisotopic (exact) mass is 1840 g/mol. The van der Waals surface area contributed by atoms with Crippen LogP contribution in [0.4, 0.5) is 0 Å². The second-order valence-corrected chi connectivity index (χ2v) is 37.2. The standard InChI is InChI=1S/C85H136N20O21S2/c1-13-45(9)66-80(121)92-52(30-32-61(87)108)71(112)98-65(44(7)8)84(125)104-36-19-23-58(104)77(118)89-39-63(110)97-64(43(5)6)79(120)91-53(31-33-62(88)109)72(113)99-67(46(10)14-2)81(122)95-56-41-127-128-42-57(76(117)100-66)96-82(123)68(47(11)15-3)101-78(119)59-24-20-35-103(59)83(124)60-25-21-37-105(60)85(126)69(48(12)16-4)102-74(115)55(40-106)94-70(111)51(22-17-18-34-86)90-73(114)54(93-75(56)116)38-49-26-28-50(107)29-27-49/h26-29,43-48,51-60,64-69,106-107H,13-25,30-42,86H2,1-12H3,(H2,87,108)(H2,88,109)(H,89,118)(H,90,114)(H,91,120)(H,92,121)(H,93,116)(H,94,111)(H,95,122)(H,96,123)(H,97,110)(H,98,112)(H,99,113)(H,100,117)(H,101,119)(H,102,115)/t45-,46-,47-,48-,51-,52-,53-,54-,55-,56-,57-,58+,59-,60-,64-,65-,66-,67-,68-,69-/m0/s1. The van der Waals surface area contributed by atoms with Gasteiger partial charge in [-0.25, -0.2) is 0 Å². The number of hydrogen-bond donors (Lipinski definition) is 19. The third-order valence-corrected chi connectivity index (χ3v) is 26.8. The summed E-state index contributed by atoms with van der Waals surface area (Å²) in [5, 5.41) is 58.6. The number of fused-ring (bicyclic) bond motifs is 8. The van der Waals surface area contributed by atoms with Gasteiger partial charge < -0.3 is 117 Å². The van der Waals surface area contributed by atoms with Crippen LogP contribution in [0.15, 0.2) is 24.3 Å². The van der Waals surface area contributed by atoms with Crippen LogP contribution in [0.5, 0.6) is 5.75 Å². The molecule has 0 saturated carbocycles. The highest BCUT2D eigenvalue weighted by molar-refractivity contribution is 8.76. The van der Waals surface area contributed by atoms with Gasteiger partial charge in [0.1, 0.15) is 102 Å². The van der Waals surface area contributed by atoms with Crippen LogP contribution in [-0.4, -0.2) is 285 Å². The number of aromatic hydroxyl groups is 1. The summed E-state index contributed by atoms with van der Waals surface area (Å²) >= 11 is 0. The van der Waals surface area contributed by atoms with Crippen molar-refractivity contribution in [3.63, 3.8) is 0 Å². The van der Waals surface area contributed by atoms with E-state index in [4.69, 9.17) is 17.2 Å². The number of nitrogens with two attached hydrogens (primary N) is 3. The lowest BCUT2D eigenvalue weighted by molar-refractivity contribution is -0.149. The highest BCUT2D eigenvalue weighted by Crippen LogP contribution is 2.30. The highest BCUT2D eigenvalue weighted by Gasteiger charge is 2.48. The third kappa shape index (κ3) is 30.6. The Morgan fingerprint density at radius 1 is 0.398 bits per heavy atom. The number of phenols is 1. The average Bonchev–Trinajstić information content (AvgIpc) is 1.63. The first-order valence-electron chi connectivity index (χ1n) is 44.7. The van der Waals surface area contributed by atoms with Crippen LogP contribution in [-0.2, 0) is 97.5 Å². The Hall–Kier alpha value is -10.4. The molecule has 0 spiro atoms. The molecule has 0 aliphatic carbocycles. The summed E-state index contributed by atoms with van der Waals surface area (Å²) in [4.78, 5) is 283. The summed E-state index contributed by atoms with van der Waals surface area (Å²) < 4.78 is 0. The lowest BCUT2D eigenvalue weighted by Crippen LogP contribution is -2.62. The fourth-order valence-corrected chi connectivity index (χ4v) is 18.0. The summed E-state index contributed by atoms with van der Waals surface area (Å²) in [5.41, 5.74) is 17.5. The molecule has 6 rings (SSSR count). The van der Waals surface area contributed by atoms with Crippen LogP contribution in [0.1, 0.15) is 198 Å². The van der Waals surface area contributed by atoms with Crippen LogP contribution >= 0.6 is 21.6 Å². The maximum absolute atomic E-state index is 15.7. The molecule has 1 aromatic rings. The molecule has 1 aromatic carbocycles. The zero-order valence-electron chi connectivity index (χ0n) is 75.4. The van der Waals surface area contributed by atoms with E-state index in [1.54, 1.807) is 83.1 Å². The number of nitrogens with zero attached hydrogens (tertiary/aromatic N) is 3. The molecule has 5 fully saturated rings.